The molecule has 3 rings (SSSR count). The Morgan fingerprint density at radius 3 is 2.95 bits per heavy atom. The Bertz CT molecular complexity index is 670. The first-order valence-electron chi connectivity index (χ1n) is 6.33. The maximum atomic E-state index is 5.63. The maximum absolute atomic E-state index is 5.63. The van der Waals surface area contributed by atoms with Crippen molar-refractivity contribution < 1.29 is 4.74 Å². The number of hydrogen-bond acceptors (Lipinski definition) is 4. The number of nitrogens with zero attached hydrogens (tertiary/aromatic N) is 3. The Balaban J connectivity index is 1.88. The number of aromatic amines is 1. The number of aromatic nitrogens is 3. The fraction of sp³-hybridized carbons (Fsp3) is 0.308. The van der Waals surface area contributed by atoms with Crippen molar-refractivity contribution in [3.8, 4) is 0 Å². The first-order valence-corrected chi connectivity index (χ1v) is 7.53. The van der Waals surface area contributed by atoms with Crippen molar-refractivity contribution >= 4 is 34.4 Å². The van der Waals surface area contributed by atoms with Crippen molar-refractivity contribution in [3.05, 3.63) is 44.9 Å². The van der Waals surface area contributed by atoms with Gasteiger partial charge in [0.1, 0.15) is 6.10 Å². The van der Waals surface area contributed by atoms with Crippen LogP contribution in [0.1, 0.15) is 30.3 Å². The third-order valence-corrected chi connectivity index (χ3v) is 3.88. The van der Waals surface area contributed by atoms with Gasteiger partial charge in [0, 0.05) is 11.1 Å². The summed E-state index contributed by atoms with van der Waals surface area (Å²) in [6.45, 7) is 0.765. The van der Waals surface area contributed by atoms with E-state index in [0.29, 0.717) is 4.77 Å². The van der Waals surface area contributed by atoms with Crippen LogP contribution >= 0.6 is 28.1 Å². The minimum absolute atomic E-state index is 0.0231. The molecule has 0 bridgehead atoms. The van der Waals surface area contributed by atoms with E-state index in [-0.39, 0.29) is 6.10 Å². The second kappa shape index (κ2) is 5.99. The molecule has 0 spiro atoms. The molecule has 20 heavy (non-hydrogen) atoms. The molecule has 5 nitrogen and oxygen atoms in total. The first kappa shape index (κ1) is 13.7. The minimum atomic E-state index is -0.0231. The Labute approximate surface area is 129 Å². The van der Waals surface area contributed by atoms with Gasteiger partial charge in [-0.15, -0.1) is 0 Å². The molecule has 1 saturated heterocycles. The monoisotopic (exact) mass is 352 g/mol. The van der Waals surface area contributed by atoms with Gasteiger partial charge in [-0.3, -0.25) is 5.10 Å². The molecule has 7 heteroatoms. The predicted octanol–water partition coefficient (Wildman–Crippen LogP) is 3.44. The van der Waals surface area contributed by atoms with Gasteiger partial charge in [-0.25, -0.2) is 0 Å². The van der Waals surface area contributed by atoms with Gasteiger partial charge in [0.15, 0.2) is 5.82 Å². The van der Waals surface area contributed by atoms with Crippen LogP contribution in [0.3, 0.4) is 0 Å². The number of ether oxygens (including phenoxy) is 1. The molecule has 1 aliphatic heterocycles. The fourth-order valence-electron chi connectivity index (χ4n) is 2.08. The van der Waals surface area contributed by atoms with Gasteiger partial charge in [-0.05, 0) is 42.8 Å². The zero-order valence-electron chi connectivity index (χ0n) is 10.6. The molecule has 1 atom stereocenters. The van der Waals surface area contributed by atoms with Gasteiger partial charge in [0.2, 0.25) is 4.77 Å². The van der Waals surface area contributed by atoms with Crippen LogP contribution < -0.4 is 0 Å². The lowest BCUT2D eigenvalue weighted by atomic mass is 10.2. The molecule has 1 aliphatic rings. The van der Waals surface area contributed by atoms with Crippen LogP contribution in [0.5, 0.6) is 0 Å². The number of benzene rings is 1. The van der Waals surface area contributed by atoms with Gasteiger partial charge in [0.05, 0.1) is 6.21 Å². The van der Waals surface area contributed by atoms with Crippen LogP contribution in [-0.4, -0.2) is 27.7 Å². The number of H-pyrrole nitrogens is 1. The lowest BCUT2D eigenvalue weighted by Crippen LogP contribution is -2.05. The molecular weight excluding hydrogens is 340 g/mol. The highest BCUT2D eigenvalue weighted by Gasteiger charge is 2.23. The molecule has 1 aromatic carbocycles. The topological polar surface area (TPSA) is 55.2 Å². The number of rotatable bonds is 3. The highest BCUT2D eigenvalue weighted by atomic mass is 79.9. The van der Waals surface area contributed by atoms with Crippen molar-refractivity contribution in [2.45, 2.75) is 18.9 Å². The van der Waals surface area contributed by atoms with Crippen molar-refractivity contribution in [1.82, 2.24) is 14.9 Å². The third kappa shape index (κ3) is 2.89. The van der Waals surface area contributed by atoms with E-state index in [9.17, 15) is 0 Å². The summed E-state index contributed by atoms with van der Waals surface area (Å²) in [5.41, 5.74) is 0.995. The Hall–Kier alpha value is -1.31. The molecule has 0 amide bonds. The molecule has 0 radical (unpaired) electrons. The Morgan fingerprint density at radius 2 is 2.25 bits per heavy atom. The van der Waals surface area contributed by atoms with Gasteiger partial charge in [-0.2, -0.15) is 14.9 Å². The SMILES string of the molecule is S=c1[nH]nc([C@H]2CCCO2)n1/N=C\c1ccc(Br)cc1. The molecule has 1 aromatic heterocycles. The summed E-state index contributed by atoms with van der Waals surface area (Å²) in [7, 11) is 0. The lowest BCUT2D eigenvalue weighted by molar-refractivity contribution is 0.102. The molecule has 0 unspecified atom stereocenters. The van der Waals surface area contributed by atoms with Crippen molar-refractivity contribution in [2.24, 2.45) is 5.10 Å². The quantitative estimate of drug-likeness (QED) is 0.679. The summed E-state index contributed by atoms with van der Waals surface area (Å²) >= 11 is 8.62. The average Bonchev–Trinajstić information content (AvgIpc) is 3.08. The van der Waals surface area contributed by atoms with E-state index in [2.05, 4.69) is 31.2 Å². The van der Waals surface area contributed by atoms with Crippen molar-refractivity contribution in [1.29, 1.82) is 0 Å². The molecule has 2 heterocycles. The van der Waals surface area contributed by atoms with E-state index in [1.807, 2.05) is 24.3 Å². The minimum Gasteiger partial charge on any atom is -0.370 e. The molecule has 0 aliphatic carbocycles. The summed E-state index contributed by atoms with van der Waals surface area (Å²) in [5, 5.41) is 11.4. The number of halogens is 1. The van der Waals surface area contributed by atoms with E-state index in [4.69, 9.17) is 17.0 Å². The van der Waals surface area contributed by atoms with Crippen LogP contribution in [0.4, 0.5) is 0 Å². The summed E-state index contributed by atoms with van der Waals surface area (Å²) in [5.74, 6) is 0.737. The average molecular weight is 353 g/mol. The van der Waals surface area contributed by atoms with E-state index in [1.54, 1.807) is 10.9 Å². The van der Waals surface area contributed by atoms with Crippen LogP contribution in [0.15, 0.2) is 33.8 Å². The Morgan fingerprint density at radius 1 is 1.45 bits per heavy atom. The van der Waals surface area contributed by atoms with E-state index in [1.165, 1.54) is 0 Å². The van der Waals surface area contributed by atoms with Gasteiger partial charge in [-0.1, -0.05) is 28.1 Å². The van der Waals surface area contributed by atoms with Crippen LogP contribution in [0.2, 0.25) is 0 Å². The molecule has 2 aromatic rings. The van der Waals surface area contributed by atoms with E-state index < -0.39 is 0 Å². The highest BCUT2D eigenvalue weighted by molar-refractivity contribution is 9.10. The summed E-state index contributed by atoms with van der Waals surface area (Å²) in [6, 6.07) is 7.89. The second-order valence-electron chi connectivity index (χ2n) is 4.50. The highest BCUT2D eigenvalue weighted by Crippen LogP contribution is 2.26. The number of nitrogens with one attached hydrogen (secondary N) is 1. The maximum Gasteiger partial charge on any atom is 0.216 e. The number of hydrogen-bond donors (Lipinski definition) is 1. The molecule has 0 saturated carbocycles. The zero-order valence-corrected chi connectivity index (χ0v) is 13.0. The Kier molecular flexibility index (Phi) is 4.09. The normalized spacial score (nSPS) is 18.9. The summed E-state index contributed by atoms with van der Waals surface area (Å²) in [6.07, 6.45) is 3.73. The zero-order chi connectivity index (χ0) is 13.9. The van der Waals surface area contributed by atoms with Crippen molar-refractivity contribution in [3.63, 3.8) is 0 Å². The summed E-state index contributed by atoms with van der Waals surface area (Å²) < 4.78 is 8.78. The van der Waals surface area contributed by atoms with Gasteiger partial charge >= 0.3 is 0 Å². The fourth-order valence-corrected chi connectivity index (χ4v) is 2.53. The van der Waals surface area contributed by atoms with Gasteiger partial charge in [0.25, 0.3) is 0 Å². The van der Waals surface area contributed by atoms with Crippen LogP contribution in [-0.2, 0) is 4.74 Å². The standard InChI is InChI=1S/C13H13BrN4OS/c14-10-5-3-9(4-6-10)8-15-18-12(16-17-13(18)20)11-2-1-7-19-11/h3-6,8,11H,1-2,7H2,(H,17,20)/b15-8-/t11-/m1/s1. The first-order chi connectivity index (χ1) is 9.74. The molecular formula is C13H13BrN4OS. The molecule has 104 valence electrons. The smallest absolute Gasteiger partial charge is 0.216 e. The molecule has 1 fully saturated rings. The predicted molar refractivity (Wildman–Crippen MR) is 82.5 cm³/mol. The largest absolute Gasteiger partial charge is 0.370 e. The van der Waals surface area contributed by atoms with Crippen LogP contribution in [0.25, 0.3) is 0 Å². The lowest BCUT2D eigenvalue weighted by Gasteiger charge is -2.07. The van der Waals surface area contributed by atoms with Gasteiger partial charge < -0.3 is 4.74 Å². The van der Waals surface area contributed by atoms with E-state index in [0.717, 1.165) is 35.3 Å². The second-order valence-corrected chi connectivity index (χ2v) is 5.80. The van der Waals surface area contributed by atoms with Crippen LogP contribution in [0, 0.1) is 4.77 Å². The summed E-state index contributed by atoms with van der Waals surface area (Å²) in [4.78, 5) is 0. The third-order valence-electron chi connectivity index (χ3n) is 3.09. The van der Waals surface area contributed by atoms with E-state index >= 15 is 0 Å². The van der Waals surface area contributed by atoms with Crippen molar-refractivity contribution in [2.75, 3.05) is 6.61 Å². The molecule has 1 N–H and O–H groups in total.